The van der Waals surface area contributed by atoms with E-state index in [1.165, 1.54) is 12.1 Å². The predicted octanol–water partition coefficient (Wildman–Crippen LogP) is 3.40. The highest BCUT2D eigenvalue weighted by Gasteiger charge is 2.44. The van der Waals surface area contributed by atoms with E-state index in [4.69, 9.17) is 16.0 Å². The van der Waals surface area contributed by atoms with Crippen molar-refractivity contribution in [2.75, 3.05) is 16.6 Å². The van der Waals surface area contributed by atoms with Crippen molar-refractivity contribution in [3.63, 3.8) is 0 Å². The molecule has 186 valence electrons. The third-order valence-corrected chi connectivity index (χ3v) is 7.45. The van der Waals surface area contributed by atoms with Gasteiger partial charge in [-0.3, -0.25) is 9.52 Å². The maximum atomic E-state index is 13.0. The van der Waals surface area contributed by atoms with Gasteiger partial charge in [-0.15, -0.1) is 0 Å². The van der Waals surface area contributed by atoms with Crippen LogP contribution >= 0.6 is 0 Å². The third kappa shape index (κ3) is 6.05. The summed E-state index contributed by atoms with van der Waals surface area (Å²) in [5.41, 5.74) is 12.8. The van der Waals surface area contributed by atoms with Crippen molar-refractivity contribution >= 4 is 27.3 Å². The SMILES string of the molecule is CC1(C(=O)Nc2ccc(NS(=O)(=O)c3cccc(-c4noc(C(N)CCCCN)n4)c3)cc2)CC1. The average molecular weight is 499 g/mol. The number of anilines is 2. The fraction of sp³-hybridized carbons (Fsp3) is 0.375. The molecule has 1 aromatic heterocycles. The zero-order valence-electron chi connectivity index (χ0n) is 19.5. The van der Waals surface area contributed by atoms with E-state index < -0.39 is 16.1 Å². The topological polar surface area (TPSA) is 166 Å². The number of nitrogens with one attached hydrogen (secondary N) is 2. The maximum Gasteiger partial charge on any atom is 0.261 e. The molecular weight excluding hydrogens is 468 g/mol. The van der Waals surface area contributed by atoms with Crippen LogP contribution in [0, 0.1) is 5.41 Å². The molecule has 35 heavy (non-hydrogen) atoms. The van der Waals surface area contributed by atoms with Crippen molar-refractivity contribution in [3.8, 4) is 11.4 Å². The lowest BCUT2D eigenvalue weighted by molar-refractivity contribution is -0.120. The lowest BCUT2D eigenvalue weighted by Gasteiger charge is -2.12. The highest BCUT2D eigenvalue weighted by atomic mass is 32.2. The zero-order valence-corrected chi connectivity index (χ0v) is 20.3. The van der Waals surface area contributed by atoms with Crippen molar-refractivity contribution in [2.24, 2.45) is 16.9 Å². The number of unbranched alkanes of at least 4 members (excludes halogenated alkanes) is 1. The Bertz CT molecular complexity index is 1290. The monoisotopic (exact) mass is 498 g/mol. The smallest absolute Gasteiger partial charge is 0.261 e. The summed E-state index contributed by atoms with van der Waals surface area (Å²) in [5.74, 6) is 0.533. The van der Waals surface area contributed by atoms with Crippen molar-refractivity contribution < 1.29 is 17.7 Å². The van der Waals surface area contributed by atoms with Crippen LogP contribution in [0.3, 0.4) is 0 Å². The van der Waals surface area contributed by atoms with Crippen molar-refractivity contribution in [2.45, 2.75) is 50.0 Å². The first-order valence-corrected chi connectivity index (χ1v) is 13.0. The number of aromatic nitrogens is 2. The molecule has 3 aromatic rings. The molecule has 2 aromatic carbocycles. The number of benzene rings is 2. The minimum atomic E-state index is -3.88. The molecule has 6 N–H and O–H groups in total. The van der Waals surface area contributed by atoms with Crippen LogP contribution in [0.1, 0.15) is 51.0 Å². The number of carbonyl (C=O) groups is 1. The van der Waals surface area contributed by atoms with Crippen LogP contribution in [-0.4, -0.2) is 31.0 Å². The van der Waals surface area contributed by atoms with Gasteiger partial charge < -0.3 is 21.3 Å². The summed E-state index contributed by atoms with van der Waals surface area (Å²) in [5, 5.41) is 6.82. The lowest BCUT2D eigenvalue weighted by atomic mass is 10.1. The Kier molecular flexibility index (Phi) is 7.20. The molecule has 0 spiro atoms. The minimum Gasteiger partial charge on any atom is -0.337 e. The average Bonchev–Trinajstić information content (AvgIpc) is 3.40. The summed E-state index contributed by atoms with van der Waals surface area (Å²) in [6.07, 6.45) is 4.13. The summed E-state index contributed by atoms with van der Waals surface area (Å²) >= 11 is 0. The Morgan fingerprint density at radius 3 is 2.54 bits per heavy atom. The van der Waals surface area contributed by atoms with Crippen molar-refractivity contribution in [1.29, 1.82) is 0 Å². The first-order chi connectivity index (χ1) is 16.7. The number of sulfonamides is 1. The van der Waals surface area contributed by atoms with Gasteiger partial charge >= 0.3 is 0 Å². The zero-order chi connectivity index (χ0) is 25.1. The van der Waals surface area contributed by atoms with Crippen LogP contribution in [0.5, 0.6) is 0 Å². The van der Waals surface area contributed by atoms with Gasteiger partial charge in [0.1, 0.15) is 0 Å². The van der Waals surface area contributed by atoms with Crippen LogP contribution in [-0.2, 0) is 14.8 Å². The van der Waals surface area contributed by atoms with Gasteiger partial charge in [0.2, 0.25) is 17.6 Å². The highest BCUT2D eigenvalue weighted by Crippen LogP contribution is 2.45. The fourth-order valence-electron chi connectivity index (χ4n) is 3.47. The van der Waals surface area contributed by atoms with Crippen LogP contribution in [0.15, 0.2) is 57.9 Å². The molecule has 10 nitrogen and oxygen atoms in total. The number of hydrogen-bond acceptors (Lipinski definition) is 8. The Labute approximate surface area is 204 Å². The van der Waals surface area contributed by atoms with Gasteiger partial charge in [-0.25, -0.2) is 8.42 Å². The molecule has 1 unspecified atom stereocenters. The summed E-state index contributed by atoms with van der Waals surface area (Å²) in [6.45, 7) is 2.52. The van der Waals surface area contributed by atoms with Gasteiger partial charge in [0.05, 0.1) is 10.9 Å². The van der Waals surface area contributed by atoms with E-state index in [1.807, 2.05) is 6.92 Å². The molecule has 1 aliphatic carbocycles. The van der Waals surface area contributed by atoms with Gasteiger partial charge in [-0.05, 0) is 68.6 Å². The Morgan fingerprint density at radius 1 is 1.14 bits per heavy atom. The van der Waals surface area contributed by atoms with E-state index in [-0.39, 0.29) is 22.0 Å². The van der Waals surface area contributed by atoms with E-state index >= 15 is 0 Å². The second-order valence-electron chi connectivity index (χ2n) is 9.07. The molecule has 4 rings (SSSR count). The van der Waals surface area contributed by atoms with E-state index in [1.54, 1.807) is 36.4 Å². The minimum absolute atomic E-state index is 0.0243. The maximum absolute atomic E-state index is 13.0. The van der Waals surface area contributed by atoms with Gasteiger partial charge in [0.15, 0.2) is 0 Å². The van der Waals surface area contributed by atoms with Crippen LogP contribution in [0.2, 0.25) is 0 Å². The summed E-state index contributed by atoms with van der Waals surface area (Å²) in [4.78, 5) is 16.6. The Hall–Kier alpha value is -3.28. The number of rotatable bonds is 11. The van der Waals surface area contributed by atoms with Crippen LogP contribution in [0.25, 0.3) is 11.4 Å². The number of nitrogens with zero attached hydrogens (tertiary/aromatic N) is 2. The fourth-order valence-corrected chi connectivity index (χ4v) is 4.57. The van der Waals surface area contributed by atoms with Crippen molar-refractivity contribution in [1.82, 2.24) is 10.1 Å². The quantitative estimate of drug-likeness (QED) is 0.292. The van der Waals surface area contributed by atoms with Gasteiger partial charge in [0.25, 0.3) is 10.0 Å². The molecule has 1 amide bonds. The van der Waals surface area contributed by atoms with Gasteiger partial charge in [-0.1, -0.05) is 30.6 Å². The molecule has 11 heteroatoms. The third-order valence-electron chi connectivity index (χ3n) is 6.07. The summed E-state index contributed by atoms with van der Waals surface area (Å²) < 4.78 is 33.8. The highest BCUT2D eigenvalue weighted by molar-refractivity contribution is 7.92. The second kappa shape index (κ2) is 10.1. The van der Waals surface area contributed by atoms with E-state index in [0.29, 0.717) is 35.8 Å². The molecule has 0 saturated heterocycles. The van der Waals surface area contributed by atoms with Crippen LogP contribution < -0.4 is 21.5 Å². The van der Waals surface area contributed by atoms with E-state index in [9.17, 15) is 13.2 Å². The first kappa shape index (κ1) is 24.8. The van der Waals surface area contributed by atoms with Crippen LogP contribution in [0.4, 0.5) is 11.4 Å². The molecule has 1 saturated carbocycles. The summed E-state index contributed by atoms with van der Waals surface area (Å²) in [6, 6.07) is 12.4. The normalized spacial score (nSPS) is 15.4. The molecule has 0 aliphatic heterocycles. The lowest BCUT2D eigenvalue weighted by Crippen LogP contribution is -2.21. The van der Waals surface area contributed by atoms with E-state index in [0.717, 1.165) is 25.7 Å². The number of nitrogens with two attached hydrogens (primary N) is 2. The number of amides is 1. The Morgan fingerprint density at radius 2 is 1.86 bits per heavy atom. The predicted molar refractivity (Wildman–Crippen MR) is 133 cm³/mol. The second-order valence-corrected chi connectivity index (χ2v) is 10.8. The molecule has 1 fully saturated rings. The standard InChI is InChI=1S/C24H30N6O4S/c1-24(12-13-24)23(31)27-17-8-10-18(11-9-17)30-35(32,33)19-6-4-5-16(15-19)21-28-22(34-29-21)20(26)7-2-3-14-25/h4-6,8-11,15,20,30H,2-3,7,12-14,25-26H2,1H3,(H,27,31). The molecule has 1 atom stereocenters. The number of carbonyl (C=O) groups excluding carboxylic acids is 1. The van der Waals surface area contributed by atoms with Gasteiger partial charge in [0, 0.05) is 22.4 Å². The van der Waals surface area contributed by atoms with Crippen molar-refractivity contribution in [3.05, 3.63) is 54.4 Å². The Balaban J connectivity index is 1.43. The molecule has 1 aliphatic rings. The van der Waals surface area contributed by atoms with Gasteiger partial charge in [-0.2, -0.15) is 4.98 Å². The molecule has 1 heterocycles. The molecular formula is C24H30N6O4S. The summed E-state index contributed by atoms with van der Waals surface area (Å²) in [7, 11) is -3.88. The molecule has 0 bridgehead atoms. The van der Waals surface area contributed by atoms with E-state index in [2.05, 4.69) is 20.2 Å². The molecule has 0 radical (unpaired) electrons. The number of hydrogen-bond donors (Lipinski definition) is 4. The largest absolute Gasteiger partial charge is 0.337 e. The first-order valence-electron chi connectivity index (χ1n) is 11.5.